The standard InChI is InChI=1S/C22H26Br2N6O4S2/c23-15-9-13(1-3-19(15)31)11-17(29-25)21(33)27-5-7-35-36-8-6-28-22(34)18(30-26)12-14-2-4-20(32)16(24)10-14/h1-4,9-10,31-32H,5-8,11-12,25-26H2,(H,27,33)(H,28,34)/b29-17+,30-18+. The number of hydrazone groups is 2. The topological polar surface area (TPSA) is 175 Å². The Balaban J connectivity index is 1.62. The first-order valence-corrected chi connectivity index (χ1v) is 14.6. The number of benzene rings is 2. The van der Waals surface area contributed by atoms with Gasteiger partial charge in [0.2, 0.25) is 0 Å². The highest BCUT2D eigenvalue weighted by atomic mass is 79.9. The summed E-state index contributed by atoms with van der Waals surface area (Å²) >= 11 is 6.48. The van der Waals surface area contributed by atoms with Crippen molar-refractivity contribution in [3.8, 4) is 11.5 Å². The number of rotatable bonds is 13. The molecular weight excluding hydrogens is 636 g/mol. The molecule has 8 N–H and O–H groups in total. The van der Waals surface area contributed by atoms with Crippen molar-refractivity contribution in [2.45, 2.75) is 12.8 Å². The van der Waals surface area contributed by atoms with Gasteiger partial charge in [-0.2, -0.15) is 10.2 Å². The molecule has 10 nitrogen and oxygen atoms in total. The van der Waals surface area contributed by atoms with Gasteiger partial charge in [-0.05, 0) is 67.3 Å². The van der Waals surface area contributed by atoms with Crippen LogP contribution in [0.15, 0.2) is 55.5 Å². The van der Waals surface area contributed by atoms with Crippen molar-refractivity contribution in [3.63, 3.8) is 0 Å². The Morgan fingerprint density at radius 2 is 1.17 bits per heavy atom. The Labute approximate surface area is 233 Å². The number of hydrogen-bond acceptors (Lipinski definition) is 10. The maximum absolute atomic E-state index is 12.3. The molecule has 2 aromatic carbocycles. The third-order valence-corrected chi connectivity index (χ3v) is 8.31. The Morgan fingerprint density at radius 3 is 1.50 bits per heavy atom. The zero-order valence-electron chi connectivity index (χ0n) is 19.0. The van der Waals surface area contributed by atoms with E-state index in [4.69, 9.17) is 11.7 Å². The first-order chi connectivity index (χ1) is 17.2. The summed E-state index contributed by atoms with van der Waals surface area (Å²) in [5, 5.41) is 31.9. The summed E-state index contributed by atoms with van der Waals surface area (Å²) in [6.45, 7) is 0.848. The summed E-state index contributed by atoms with van der Waals surface area (Å²) < 4.78 is 1.05. The van der Waals surface area contributed by atoms with E-state index < -0.39 is 0 Å². The van der Waals surface area contributed by atoms with Crippen LogP contribution < -0.4 is 22.3 Å². The molecule has 0 aromatic heterocycles. The number of aromatic hydroxyl groups is 2. The Bertz CT molecular complexity index is 1050. The van der Waals surface area contributed by atoms with Crippen LogP contribution in [0.5, 0.6) is 11.5 Å². The summed E-state index contributed by atoms with van der Waals surface area (Å²) in [5.74, 6) is 11.6. The van der Waals surface area contributed by atoms with Gasteiger partial charge in [-0.3, -0.25) is 9.59 Å². The second-order valence-electron chi connectivity index (χ2n) is 7.23. The molecule has 194 valence electrons. The van der Waals surface area contributed by atoms with Crippen LogP contribution in [0, 0.1) is 0 Å². The molecule has 0 saturated carbocycles. The van der Waals surface area contributed by atoms with Gasteiger partial charge in [0.1, 0.15) is 22.9 Å². The number of halogens is 2. The fourth-order valence-electron chi connectivity index (χ4n) is 2.81. The first kappa shape index (κ1) is 29.8. The van der Waals surface area contributed by atoms with E-state index in [0.717, 1.165) is 11.1 Å². The maximum atomic E-state index is 12.3. The van der Waals surface area contributed by atoms with E-state index >= 15 is 0 Å². The van der Waals surface area contributed by atoms with E-state index in [0.29, 0.717) is 33.5 Å². The smallest absolute Gasteiger partial charge is 0.267 e. The number of phenols is 2. The van der Waals surface area contributed by atoms with Gasteiger partial charge in [0, 0.05) is 37.4 Å². The fraction of sp³-hybridized carbons (Fsp3) is 0.273. The Kier molecular flexibility index (Phi) is 12.9. The third-order valence-electron chi connectivity index (χ3n) is 4.63. The number of nitrogens with one attached hydrogen (secondary N) is 2. The SMILES string of the molecule is N/N=C(\Cc1ccc(O)c(Br)c1)C(=O)NCCSSCCNC(=O)/C(Cc1ccc(O)c(Br)c1)=N/N. The van der Waals surface area contributed by atoms with E-state index in [1.54, 1.807) is 45.9 Å². The summed E-state index contributed by atoms with van der Waals surface area (Å²) in [6.07, 6.45) is 0.474. The van der Waals surface area contributed by atoms with Crippen LogP contribution in [0.1, 0.15) is 11.1 Å². The molecule has 0 spiro atoms. The zero-order valence-corrected chi connectivity index (χ0v) is 23.8. The molecule has 2 rings (SSSR count). The van der Waals surface area contributed by atoms with Crippen LogP contribution in [0.25, 0.3) is 0 Å². The van der Waals surface area contributed by atoms with Gasteiger partial charge >= 0.3 is 0 Å². The quantitative estimate of drug-likeness (QED) is 0.0624. The molecule has 0 heterocycles. The molecule has 0 fully saturated rings. The van der Waals surface area contributed by atoms with Crippen molar-refractivity contribution < 1.29 is 19.8 Å². The first-order valence-electron chi connectivity index (χ1n) is 10.5. The van der Waals surface area contributed by atoms with Crippen LogP contribution >= 0.6 is 53.4 Å². The molecule has 2 amide bonds. The number of nitrogens with two attached hydrogens (primary N) is 2. The molecule has 0 radical (unpaired) electrons. The minimum absolute atomic E-state index is 0.110. The van der Waals surface area contributed by atoms with Crippen LogP contribution in [-0.2, 0) is 22.4 Å². The van der Waals surface area contributed by atoms with Gasteiger partial charge in [0.25, 0.3) is 11.8 Å². The normalized spacial score (nSPS) is 11.8. The monoisotopic (exact) mass is 660 g/mol. The molecule has 0 atom stereocenters. The molecule has 0 bridgehead atoms. The average Bonchev–Trinajstić information content (AvgIpc) is 2.86. The maximum Gasteiger partial charge on any atom is 0.267 e. The number of carbonyl (C=O) groups is 2. The Hall–Kier alpha value is -2.42. The Morgan fingerprint density at radius 1 is 0.778 bits per heavy atom. The zero-order chi connectivity index (χ0) is 26.5. The molecule has 0 saturated heterocycles. The molecule has 0 unspecified atom stereocenters. The van der Waals surface area contributed by atoms with Crippen LogP contribution in [-0.4, -0.2) is 58.0 Å². The molecule has 14 heteroatoms. The van der Waals surface area contributed by atoms with Crippen LogP contribution in [0.3, 0.4) is 0 Å². The predicted molar refractivity (Wildman–Crippen MR) is 153 cm³/mol. The van der Waals surface area contributed by atoms with E-state index in [1.165, 1.54) is 12.1 Å². The second-order valence-corrected chi connectivity index (χ2v) is 11.6. The fourth-order valence-corrected chi connectivity index (χ4v) is 5.48. The lowest BCUT2D eigenvalue weighted by atomic mass is 10.1. The molecular formula is C22H26Br2N6O4S2. The van der Waals surface area contributed by atoms with Gasteiger partial charge in [0.05, 0.1) is 8.95 Å². The third kappa shape index (κ3) is 9.91. The summed E-state index contributed by atoms with van der Waals surface area (Å²) in [6, 6.07) is 9.85. The van der Waals surface area contributed by atoms with Crippen molar-refractivity contribution in [1.29, 1.82) is 0 Å². The predicted octanol–water partition coefficient (Wildman–Crippen LogP) is 2.65. The van der Waals surface area contributed by atoms with Crippen molar-refractivity contribution in [1.82, 2.24) is 10.6 Å². The summed E-state index contributed by atoms with van der Waals surface area (Å²) in [5.41, 5.74) is 1.93. The lowest BCUT2D eigenvalue weighted by Crippen LogP contribution is -2.34. The van der Waals surface area contributed by atoms with Gasteiger partial charge < -0.3 is 32.5 Å². The van der Waals surface area contributed by atoms with E-state index in [1.807, 2.05) is 0 Å². The van der Waals surface area contributed by atoms with Crippen LogP contribution in [0.2, 0.25) is 0 Å². The molecule has 0 aliphatic carbocycles. The molecule has 2 aromatic rings. The number of carbonyl (C=O) groups excluding carboxylic acids is 2. The lowest BCUT2D eigenvalue weighted by molar-refractivity contribution is -0.115. The summed E-state index contributed by atoms with van der Waals surface area (Å²) in [7, 11) is 3.11. The van der Waals surface area contributed by atoms with Gasteiger partial charge in [-0.1, -0.05) is 33.7 Å². The van der Waals surface area contributed by atoms with Gasteiger partial charge in [-0.15, -0.1) is 0 Å². The van der Waals surface area contributed by atoms with Crippen molar-refractivity contribution in [2.75, 3.05) is 24.6 Å². The number of nitrogens with zero attached hydrogens (tertiary/aromatic N) is 2. The number of amides is 2. The molecule has 0 aliphatic heterocycles. The van der Waals surface area contributed by atoms with Gasteiger partial charge in [0.15, 0.2) is 0 Å². The second kappa shape index (κ2) is 15.6. The molecule has 0 aliphatic rings. The van der Waals surface area contributed by atoms with Crippen molar-refractivity contribution in [3.05, 3.63) is 56.5 Å². The van der Waals surface area contributed by atoms with E-state index in [-0.39, 0.29) is 47.6 Å². The highest BCUT2D eigenvalue weighted by molar-refractivity contribution is 9.10. The van der Waals surface area contributed by atoms with E-state index in [9.17, 15) is 19.8 Å². The number of phenolic OH excluding ortho intramolecular Hbond substituents is 2. The van der Waals surface area contributed by atoms with Crippen molar-refractivity contribution in [2.24, 2.45) is 21.9 Å². The summed E-state index contributed by atoms with van der Waals surface area (Å²) in [4.78, 5) is 24.6. The number of hydrogen-bond donors (Lipinski definition) is 6. The van der Waals surface area contributed by atoms with Crippen molar-refractivity contribution >= 4 is 76.7 Å². The lowest BCUT2D eigenvalue weighted by Gasteiger charge is -2.09. The minimum Gasteiger partial charge on any atom is -0.507 e. The van der Waals surface area contributed by atoms with E-state index in [2.05, 4.69) is 52.7 Å². The highest BCUT2D eigenvalue weighted by Crippen LogP contribution is 2.25. The van der Waals surface area contributed by atoms with Crippen LogP contribution in [0.4, 0.5) is 0 Å². The molecule has 36 heavy (non-hydrogen) atoms. The minimum atomic E-state index is -0.353. The highest BCUT2D eigenvalue weighted by Gasteiger charge is 2.14. The average molecular weight is 662 g/mol. The van der Waals surface area contributed by atoms with Gasteiger partial charge in [-0.25, -0.2) is 0 Å². The largest absolute Gasteiger partial charge is 0.507 e.